The quantitative estimate of drug-likeness (QED) is 0.877. The molecule has 0 bridgehead atoms. The monoisotopic (exact) mass is 298 g/mol. The molecule has 2 N–H and O–H groups in total. The third-order valence-electron chi connectivity index (χ3n) is 3.08. The van der Waals surface area contributed by atoms with Gasteiger partial charge < -0.3 is 5.32 Å². The van der Waals surface area contributed by atoms with E-state index in [0.29, 0.717) is 18.0 Å². The standard InChI is InChI=1S/C15H26N2O2S/c1-11-7-12(2)14(8-13(11)9-16-6)20(18,19)17-10-15(3,4)5/h7-8,16-17H,9-10H2,1-6H3. The Morgan fingerprint density at radius 2 is 1.70 bits per heavy atom. The lowest BCUT2D eigenvalue weighted by Crippen LogP contribution is -2.32. The Labute approximate surface area is 123 Å². The fourth-order valence-corrected chi connectivity index (χ4v) is 3.49. The molecule has 0 saturated carbocycles. The SMILES string of the molecule is CNCc1cc(S(=O)(=O)NCC(C)(C)C)c(C)cc1C. The highest BCUT2D eigenvalue weighted by Gasteiger charge is 2.21. The summed E-state index contributed by atoms with van der Waals surface area (Å²) in [7, 11) is -1.61. The Bertz CT molecular complexity index is 572. The van der Waals surface area contributed by atoms with Gasteiger partial charge in [-0.05, 0) is 49.1 Å². The smallest absolute Gasteiger partial charge is 0.240 e. The highest BCUT2D eigenvalue weighted by atomic mass is 32.2. The maximum Gasteiger partial charge on any atom is 0.240 e. The predicted molar refractivity (Wildman–Crippen MR) is 83.3 cm³/mol. The van der Waals surface area contributed by atoms with Crippen molar-refractivity contribution in [2.75, 3.05) is 13.6 Å². The first-order valence-electron chi connectivity index (χ1n) is 6.81. The summed E-state index contributed by atoms with van der Waals surface area (Å²) in [6.07, 6.45) is 0. The lowest BCUT2D eigenvalue weighted by Gasteiger charge is -2.20. The highest BCUT2D eigenvalue weighted by Crippen LogP contribution is 2.21. The van der Waals surface area contributed by atoms with Gasteiger partial charge >= 0.3 is 0 Å². The van der Waals surface area contributed by atoms with Gasteiger partial charge in [0.2, 0.25) is 10.0 Å². The lowest BCUT2D eigenvalue weighted by molar-refractivity contribution is 0.407. The van der Waals surface area contributed by atoms with Gasteiger partial charge in [-0.15, -0.1) is 0 Å². The van der Waals surface area contributed by atoms with E-state index in [0.717, 1.165) is 16.7 Å². The number of nitrogens with one attached hydrogen (secondary N) is 2. The van der Waals surface area contributed by atoms with Crippen molar-refractivity contribution >= 4 is 10.0 Å². The van der Waals surface area contributed by atoms with Gasteiger partial charge in [-0.3, -0.25) is 0 Å². The third-order valence-corrected chi connectivity index (χ3v) is 4.63. The van der Waals surface area contributed by atoms with Crippen molar-refractivity contribution in [3.8, 4) is 0 Å². The zero-order valence-corrected chi connectivity index (χ0v) is 14.1. The summed E-state index contributed by atoms with van der Waals surface area (Å²) in [5.41, 5.74) is 2.81. The van der Waals surface area contributed by atoms with Crippen LogP contribution in [0.1, 0.15) is 37.5 Å². The van der Waals surface area contributed by atoms with Crippen LogP contribution in [-0.2, 0) is 16.6 Å². The second-order valence-corrected chi connectivity index (χ2v) is 8.20. The zero-order chi connectivity index (χ0) is 15.6. The number of rotatable bonds is 5. The number of sulfonamides is 1. The van der Waals surface area contributed by atoms with Crippen LogP contribution in [0.3, 0.4) is 0 Å². The Hall–Kier alpha value is -0.910. The van der Waals surface area contributed by atoms with E-state index in [1.54, 1.807) is 6.07 Å². The van der Waals surface area contributed by atoms with Crippen LogP contribution in [-0.4, -0.2) is 22.0 Å². The van der Waals surface area contributed by atoms with Crippen LogP contribution in [0.4, 0.5) is 0 Å². The van der Waals surface area contributed by atoms with Gasteiger partial charge in [0.15, 0.2) is 0 Å². The van der Waals surface area contributed by atoms with Crippen LogP contribution in [0.25, 0.3) is 0 Å². The zero-order valence-electron chi connectivity index (χ0n) is 13.3. The molecule has 0 unspecified atom stereocenters. The Morgan fingerprint density at radius 1 is 1.10 bits per heavy atom. The molecule has 114 valence electrons. The summed E-state index contributed by atoms with van der Waals surface area (Å²) in [5, 5.41) is 3.06. The average molecular weight is 298 g/mol. The van der Waals surface area contributed by atoms with Gasteiger partial charge in [0.05, 0.1) is 4.90 Å². The highest BCUT2D eigenvalue weighted by molar-refractivity contribution is 7.89. The number of benzene rings is 1. The van der Waals surface area contributed by atoms with E-state index in [-0.39, 0.29) is 5.41 Å². The predicted octanol–water partition coefficient (Wildman–Crippen LogP) is 2.35. The van der Waals surface area contributed by atoms with Crippen molar-refractivity contribution in [3.05, 3.63) is 28.8 Å². The molecule has 0 radical (unpaired) electrons. The van der Waals surface area contributed by atoms with Crippen molar-refractivity contribution < 1.29 is 8.42 Å². The fraction of sp³-hybridized carbons (Fsp3) is 0.600. The maximum absolute atomic E-state index is 12.4. The topological polar surface area (TPSA) is 58.2 Å². The minimum absolute atomic E-state index is 0.0839. The molecule has 0 aliphatic rings. The van der Waals surface area contributed by atoms with Crippen molar-refractivity contribution in [3.63, 3.8) is 0 Å². The lowest BCUT2D eigenvalue weighted by atomic mass is 9.98. The van der Waals surface area contributed by atoms with E-state index < -0.39 is 10.0 Å². The van der Waals surface area contributed by atoms with Crippen LogP contribution in [0, 0.1) is 19.3 Å². The molecular weight excluding hydrogens is 272 g/mol. The minimum atomic E-state index is -3.46. The van der Waals surface area contributed by atoms with E-state index in [2.05, 4.69) is 10.0 Å². The molecule has 4 nitrogen and oxygen atoms in total. The first-order valence-corrected chi connectivity index (χ1v) is 8.29. The summed E-state index contributed by atoms with van der Waals surface area (Å²) >= 11 is 0. The molecule has 1 rings (SSSR count). The van der Waals surface area contributed by atoms with Gasteiger partial charge in [-0.25, -0.2) is 13.1 Å². The molecule has 0 aliphatic heterocycles. The largest absolute Gasteiger partial charge is 0.316 e. The molecular formula is C15H26N2O2S. The van der Waals surface area contributed by atoms with Crippen molar-refractivity contribution in [2.24, 2.45) is 5.41 Å². The van der Waals surface area contributed by atoms with Crippen LogP contribution in [0.2, 0.25) is 0 Å². The van der Waals surface area contributed by atoms with E-state index in [9.17, 15) is 8.42 Å². The van der Waals surface area contributed by atoms with E-state index >= 15 is 0 Å². The minimum Gasteiger partial charge on any atom is -0.316 e. The van der Waals surface area contributed by atoms with Gasteiger partial charge in [0, 0.05) is 13.1 Å². The maximum atomic E-state index is 12.4. The molecule has 0 aliphatic carbocycles. The summed E-state index contributed by atoms with van der Waals surface area (Å²) in [5.74, 6) is 0. The summed E-state index contributed by atoms with van der Waals surface area (Å²) < 4.78 is 27.6. The van der Waals surface area contributed by atoms with Gasteiger partial charge in [-0.2, -0.15) is 0 Å². The van der Waals surface area contributed by atoms with Crippen molar-refractivity contribution in [2.45, 2.75) is 46.1 Å². The molecule has 20 heavy (non-hydrogen) atoms. The molecule has 0 aromatic heterocycles. The van der Waals surface area contributed by atoms with Crippen LogP contribution >= 0.6 is 0 Å². The van der Waals surface area contributed by atoms with E-state index in [1.165, 1.54) is 0 Å². The van der Waals surface area contributed by atoms with Gasteiger partial charge in [0.1, 0.15) is 0 Å². The molecule has 0 amide bonds. The Morgan fingerprint density at radius 3 is 2.20 bits per heavy atom. The Kier molecular flexibility index (Phi) is 5.35. The van der Waals surface area contributed by atoms with E-state index in [4.69, 9.17) is 0 Å². The molecule has 5 heteroatoms. The molecule has 0 fully saturated rings. The van der Waals surface area contributed by atoms with Gasteiger partial charge in [0.25, 0.3) is 0 Å². The van der Waals surface area contributed by atoms with Crippen LogP contribution in [0.15, 0.2) is 17.0 Å². The second-order valence-electron chi connectivity index (χ2n) is 6.46. The Balaban J connectivity index is 3.14. The van der Waals surface area contributed by atoms with Crippen molar-refractivity contribution in [1.29, 1.82) is 0 Å². The van der Waals surface area contributed by atoms with Crippen molar-refractivity contribution in [1.82, 2.24) is 10.0 Å². The molecule has 1 aromatic carbocycles. The average Bonchev–Trinajstić information content (AvgIpc) is 2.29. The second kappa shape index (κ2) is 6.24. The molecule has 0 atom stereocenters. The first-order chi connectivity index (χ1) is 9.07. The van der Waals surface area contributed by atoms with Crippen LogP contribution < -0.4 is 10.0 Å². The first kappa shape index (κ1) is 17.1. The summed E-state index contributed by atoms with van der Waals surface area (Å²) in [6, 6.07) is 3.70. The molecule has 0 heterocycles. The van der Waals surface area contributed by atoms with Gasteiger partial charge in [-0.1, -0.05) is 26.8 Å². The normalized spacial score (nSPS) is 12.7. The summed E-state index contributed by atoms with van der Waals surface area (Å²) in [4.78, 5) is 0.373. The number of aryl methyl sites for hydroxylation is 2. The van der Waals surface area contributed by atoms with E-state index in [1.807, 2.05) is 47.7 Å². The molecule has 0 saturated heterocycles. The summed E-state index contributed by atoms with van der Waals surface area (Å²) in [6.45, 7) is 10.9. The molecule has 0 spiro atoms. The molecule has 1 aromatic rings. The van der Waals surface area contributed by atoms with Crippen LogP contribution in [0.5, 0.6) is 0 Å². The number of hydrogen-bond donors (Lipinski definition) is 2. The fourth-order valence-electron chi connectivity index (χ4n) is 1.93. The number of hydrogen-bond acceptors (Lipinski definition) is 3. The third kappa shape index (κ3) is 4.58.